The molecule has 0 bridgehead atoms. The minimum absolute atomic E-state index is 0.0102. The van der Waals surface area contributed by atoms with Crippen molar-refractivity contribution < 1.29 is 10.0 Å². The fourth-order valence-electron chi connectivity index (χ4n) is 2.22. The summed E-state index contributed by atoms with van der Waals surface area (Å²) in [6, 6.07) is 7.60. The zero-order valence-corrected chi connectivity index (χ0v) is 13.2. The van der Waals surface area contributed by atoms with Crippen LogP contribution in [0.5, 0.6) is 5.75 Å². The zero-order valence-electron chi connectivity index (χ0n) is 12.3. The van der Waals surface area contributed by atoms with E-state index in [4.69, 9.17) is 0 Å². The summed E-state index contributed by atoms with van der Waals surface area (Å²) in [5.41, 5.74) is 2.26. The van der Waals surface area contributed by atoms with Crippen LogP contribution in [0, 0.1) is 24.0 Å². The predicted molar refractivity (Wildman–Crippen MR) is 88.0 cm³/mol. The number of azo groups is 1. The van der Waals surface area contributed by atoms with Crippen molar-refractivity contribution in [2.24, 2.45) is 10.2 Å². The molecule has 116 valence electrons. The molecule has 1 N–H and O–H groups in total. The maximum Gasteiger partial charge on any atom is 0.269 e. The summed E-state index contributed by atoms with van der Waals surface area (Å²) < 4.78 is 0. The molecule has 1 aromatic carbocycles. The molecule has 8 heteroatoms. The summed E-state index contributed by atoms with van der Waals surface area (Å²) in [7, 11) is 0. The average molecular weight is 328 g/mol. The van der Waals surface area contributed by atoms with Gasteiger partial charge in [-0.1, -0.05) is 11.3 Å². The van der Waals surface area contributed by atoms with Crippen molar-refractivity contribution in [3.63, 3.8) is 0 Å². The lowest BCUT2D eigenvalue weighted by atomic mass is 10.2. The number of aromatic hydroxyl groups is 1. The van der Waals surface area contributed by atoms with E-state index in [2.05, 4.69) is 15.2 Å². The van der Waals surface area contributed by atoms with Crippen molar-refractivity contribution in [1.82, 2.24) is 4.98 Å². The average Bonchev–Trinajstić information content (AvgIpc) is 2.81. The summed E-state index contributed by atoms with van der Waals surface area (Å²) in [6.45, 7) is 3.79. The van der Waals surface area contributed by atoms with Gasteiger partial charge >= 0.3 is 0 Å². The number of nitrogens with zero attached hydrogens (tertiary/aromatic N) is 4. The first-order valence-electron chi connectivity index (χ1n) is 6.71. The largest absolute Gasteiger partial charge is 0.504 e. The SMILES string of the molecule is Cc1cc(C)c2c(O)c(N=Nc3ccc([N+](=O)[O-])cc3)sc2n1. The Morgan fingerprint density at radius 2 is 1.91 bits per heavy atom. The van der Waals surface area contributed by atoms with Crippen LogP contribution in [0.3, 0.4) is 0 Å². The number of rotatable bonds is 3. The van der Waals surface area contributed by atoms with E-state index in [0.29, 0.717) is 20.9 Å². The minimum atomic E-state index is -0.477. The quantitative estimate of drug-likeness (QED) is 0.418. The number of aromatic nitrogens is 1. The molecular weight excluding hydrogens is 316 g/mol. The zero-order chi connectivity index (χ0) is 16.6. The molecule has 0 amide bonds. The molecule has 0 atom stereocenters. The first-order valence-corrected chi connectivity index (χ1v) is 7.53. The summed E-state index contributed by atoms with van der Waals surface area (Å²) in [5, 5.41) is 30.0. The van der Waals surface area contributed by atoms with E-state index in [-0.39, 0.29) is 11.4 Å². The van der Waals surface area contributed by atoms with Gasteiger partial charge in [0, 0.05) is 17.8 Å². The molecule has 0 saturated carbocycles. The standard InChI is InChI=1S/C15H12N4O3S/c1-8-7-9(2)16-14-12(8)13(20)15(23-14)18-17-10-3-5-11(6-4-10)19(21)22/h3-7,20H,1-2H3. The van der Waals surface area contributed by atoms with Crippen LogP contribution in [0.2, 0.25) is 0 Å². The summed E-state index contributed by atoms with van der Waals surface area (Å²) in [6.07, 6.45) is 0. The van der Waals surface area contributed by atoms with Gasteiger partial charge < -0.3 is 5.11 Å². The lowest BCUT2D eigenvalue weighted by Gasteiger charge is -1.98. The highest BCUT2D eigenvalue weighted by Crippen LogP contribution is 2.44. The molecule has 23 heavy (non-hydrogen) atoms. The molecule has 0 unspecified atom stereocenters. The van der Waals surface area contributed by atoms with Crippen LogP contribution in [0.4, 0.5) is 16.4 Å². The number of hydrogen-bond donors (Lipinski definition) is 1. The Hall–Kier alpha value is -2.87. The van der Waals surface area contributed by atoms with Crippen LogP contribution in [-0.4, -0.2) is 15.0 Å². The van der Waals surface area contributed by atoms with Crippen molar-refractivity contribution in [1.29, 1.82) is 0 Å². The fourth-order valence-corrected chi connectivity index (χ4v) is 3.24. The highest BCUT2D eigenvalue weighted by atomic mass is 32.1. The second kappa shape index (κ2) is 5.73. The molecule has 3 rings (SSSR count). The Morgan fingerprint density at radius 3 is 2.57 bits per heavy atom. The highest BCUT2D eigenvalue weighted by Gasteiger charge is 2.14. The van der Waals surface area contributed by atoms with Crippen LogP contribution in [-0.2, 0) is 0 Å². The van der Waals surface area contributed by atoms with Gasteiger partial charge in [-0.15, -0.1) is 10.2 Å². The van der Waals surface area contributed by atoms with Crippen molar-refractivity contribution in [2.45, 2.75) is 13.8 Å². The van der Waals surface area contributed by atoms with Crippen LogP contribution in [0.25, 0.3) is 10.2 Å². The molecule has 7 nitrogen and oxygen atoms in total. The van der Waals surface area contributed by atoms with E-state index in [9.17, 15) is 15.2 Å². The summed E-state index contributed by atoms with van der Waals surface area (Å²) in [5.74, 6) is 0.0562. The van der Waals surface area contributed by atoms with Gasteiger partial charge in [-0.2, -0.15) is 0 Å². The first-order chi connectivity index (χ1) is 11.0. The van der Waals surface area contributed by atoms with Gasteiger partial charge in [0.25, 0.3) is 5.69 Å². The molecule has 3 aromatic rings. The molecule has 0 fully saturated rings. The fraction of sp³-hybridized carbons (Fsp3) is 0.133. The number of benzene rings is 1. The predicted octanol–water partition coefficient (Wildman–Crippen LogP) is 4.94. The van der Waals surface area contributed by atoms with E-state index < -0.39 is 4.92 Å². The Morgan fingerprint density at radius 1 is 1.22 bits per heavy atom. The van der Waals surface area contributed by atoms with Crippen molar-refractivity contribution in [3.8, 4) is 5.75 Å². The summed E-state index contributed by atoms with van der Waals surface area (Å²) >= 11 is 1.25. The number of nitro benzene ring substituents is 1. The summed E-state index contributed by atoms with van der Waals surface area (Å²) in [4.78, 5) is 15.2. The van der Waals surface area contributed by atoms with Gasteiger partial charge in [-0.25, -0.2) is 4.98 Å². The van der Waals surface area contributed by atoms with E-state index in [1.807, 2.05) is 19.9 Å². The van der Waals surface area contributed by atoms with E-state index in [1.165, 1.54) is 35.6 Å². The maximum absolute atomic E-state index is 10.6. The van der Waals surface area contributed by atoms with Crippen molar-refractivity contribution in [2.75, 3.05) is 0 Å². The third-order valence-electron chi connectivity index (χ3n) is 3.26. The Bertz CT molecular complexity index is 932. The van der Waals surface area contributed by atoms with Gasteiger partial charge in [0.2, 0.25) is 0 Å². The third kappa shape index (κ3) is 2.88. The highest BCUT2D eigenvalue weighted by molar-refractivity contribution is 7.22. The Balaban J connectivity index is 1.96. The lowest BCUT2D eigenvalue weighted by molar-refractivity contribution is -0.384. The van der Waals surface area contributed by atoms with Crippen LogP contribution < -0.4 is 0 Å². The molecule has 0 radical (unpaired) electrons. The number of thiophene rings is 1. The molecule has 0 saturated heterocycles. The van der Waals surface area contributed by atoms with E-state index in [1.54, 1.807) is 0 Å². The Kier molecular flexibility index (Phi) is 3.75. The number of pyridine rings is 1. The third-order valence-corrected chi connectivity index (χ3v) is 4.22. The number of non-ortho nitro benzene ring substituents is 1. The smallest absolute Gasteiger partial charge is 0.269 e. The van der Waals surface area contributed by atoms with Crippen LogP contribution >= 0.6 is 11.3 Å². The van der Waals surface area contributed by atoms with Crippen LogP contribution in [0.15, 0.2) is 40.6 Å². The second-order valence-electron chi connectivity index (χ2n) is 4.99. The normalized spacial score (nSPS) is 11.4. The van der Waals surface area contributed by atoms with Crippen molar-refractivity contribution >= 4 is 37.9 Å². The minimum Gasteiger partial charge on any atom is -0.504 e. The van der Waals surface area contributed by atoms with Gasteiger partial charge in [0.1, 0.15) is 4.83 Å². The molecule has 2 heterocycles. The van der Waals surface area contributed by atoms with Crippen LogP contribution in [0.1, 0.15) is 11.3 Å². The molecular formula is C15H12N4O3S. The molecule has 0 aliphatic carbocycles. The molecule has 0 aliphatic rings. The number of hydrogen-bond acceptors (Lipinski definition) is 7. The Labute approximate surface area is 135 Å². The maximum atomic E-state index is 10.6. The van der Waals surface area contributed by atoms with E-state index >= 15 is 0 Å². The van der Waals surface area contributed by atoms with Gasteiger partial charge in [-0.05, 0) is 37.6 Å². The lowest BCUT2D eigenvalue weighted by Crippen LogP contribution is -1.85. The molecule has 0 spiro atoms. The second-order valence-corrected chi connectivity index (χ2v) is 5.97. The first kappa shape index (κ1) is 15.0. The van der Waals surface area contributed by atoms with Crippen molar-refractivity contribution in [3.05, 3.63) is 51.7 Å². The van der Waals surface area contributed by atoms with Gasteiger partial charge in [0.15, 0.2) is 10.8 Å². The molecule has 2 aromatic heterocycles. The number of fused-ring (bicyclic) bond motifs is 1. The van der Waals surface area contributed by atoms with Gasteiger partial charge in [-0.3, -0.25) is 10.1 Å². The monoisotopic (exact) mass is 328 g/mol. The van der Waals surface area contributed by atoms with E-state index in [0.717, 1.165) is 11.3 Å². The number of aryl methyl sites for hydroxylation is 2. The molecule has 0 aliphatic heterocycles. The van der Waals surface area contributed by atoms with Gasteiger partial charge in [0.05, 0.1) is 16.0 Å². The topological polar surface area (TPSA) is 101 Å². The number of nitro groups is 1.